The van der Waals surface area contributed by atoms with Crippen LogP contribution in [0.15, 0.2) is 36.7 Å². The Balaban J connectivity index is 2.23. The highest BCUT2D eigenvalue weighted by atomic mass is 35.5. The van der Waals surface area contributed by atoms with Gasteiger partial charge in [-0.2, -0.15) is 0 Å². The van der Waals surface area contributed by atoms with Gasteiger partial charge in [0.1, 0.15) is 0 Å². The van der Waals surface area contributed by atoms with Crippen LogP contribution in [-0.2, 0) is 5.88 Å². The number of alkyl halides is 1. The van der Waals surface area contributed by atoms with E-state index in [0.717, 1.165) is 16.1 Å². The quantitative estimate of drug-likeness (QED) is 0.796. The van der Waals surface area contributed by atoms with Crippen molar-refractivity contribution in [2.45, 2.75) is 18.8 Å². The molecule has 0 amide bonds. The van der Waals surface area contributed by atoms with Gasteiger partial charge in [-0.15, -0.1) is 11.6 Å². The lowest BCUT2D eigenvalue weighted by atomic mass is 10.1. The van der Waals surface area contributed by atoms with Crippen molar-refractivity contribution in [3.63, 3.8) is 0 Å². The fourth-order valence-electron chi connectivity index (χ4n) is 1.79. The van der Waals surface area contributed by atoms with Crippen LogP contribution in [0.3, 0.4) is 0 Å². The summed E-state index contributed by atoms with van der Waals surface area (Å²) < 4.78 is 0. The third-order valence-electron chi connectivity index (χ3n) is 3.10. The van der Waals surface area contributed by atoms with Crippen molar-refractivity contribution >= 4 is 29.2 Å². The zero-order valence-electron chi connectivity index (χ0n) is 10.8. The van der Waals surface area contributed by atoms with Crippen molar-refractivity contribution in [1.82, 2.24) is 9.97 Å². The molecule has 1 aromatic heterocycles. The first kappa shape index (κ1) is 14.1. The van der Waals surface area contributed by atoms with E-state index in [1.807, 2.05) is 36.2 Å². The first-order chi connectivity index (χ1) is 9.13. The number of halogens is 2. The number of nitrogens with zero attached hydrogens (tertiary/aromatic N) is 3. The monoisotopic (exact) mass is 295 g/mol. The molecule has 0 spiro atoms. The van der Waals surface area contributed by atoms with Gasteiger partial charge < -0.3 is 4.90 Å². The highest BCUT2D eigenvalue weighted by Crippen LogP contribution is 2.28. The predicted molar refractivity (Wildman–Crippen MR) is 79.9 cm³/mol. The molecule has 1 atom stereocenters. The van der Waals surface area contributed by atoms with Crippen LogP contribution in [0.2, 0.25) is 5.02 Å². The molecule has 1 heterocycles. The van der Waals surface area contributed by atoms with E-state index in [2.05, 4.69) is 16.9 Å². The molecule has 0 aliphatic carbocycles. The maximum Gasteiger partial charge on any atom is 0.225 e. The predicted octanol–water partition coefficient (Wildman–Crippen LogP) is 4.07. The molecule has 0 saturated carbocycles. The molecule has 1 unspecified atom stereocenters. The van der Waals surface area contributed by atoms with Gasteiger partial charge in [-0.05, 0) is 18.6 Å². The Morgan fingerprint density at radius 1 is 1.21 bits per heavy atom. The standard InChI is InChI=1S/C14H15Cl2N3/c1-10(12-5-3-4-6-13(12)16)19(2)14-17-8-11(7-15)9-18-14/h3-6,8-10H,7H2,1-2H3. The third kappa shape index (κ3) is 3.17. The molecule has 0 radical (unpaired) electrons. The second-order valence-corrected chi connectivity index (χ2v) is 5.01. The largest absolute Gasteiger partial charge is 0.337 e. The van der Waals surface area contributed by atoms with E-state index < -0.39 is 0 Å². The number of benzene rings is 1. The smallest absolute Gasteiger partial charge is 0.225 e. The Morgan fingerprint density at radius 3 is 2.42 bits per heavy atom. The molecule has 2 aromatic rings. The molecule has 1 aromatic carbocycles. The Morgan fingerprint density at radius 2 is 1.84 bits per heavy atom. The molecule has 100 valence electrons. The minimum absolute atomic E-state index is 0.0931. The fraction of sp³-hybridized carbons (Fsp3) is 0.286. The minimum Gasteiger partial charge on any atom is -0.337 e. The van der Waals surface area contributed by atoms with Crippen LogP contribution in [0.5, 0.6) is 0 Å². The van der Waals surface area contributed by atoms with Crippen molar-refractivity contribution in [1.29, 1.82) is 0 Å². The summed E-state index contributed by atoms with van der Waals surface area (Å²) >= 11 is 11.9. The summed E-state index contributed by atoms with van der Waals surface area (Å²) in [5, 5.41) is 0.749. The summed E-state index contributed by atoms with van der Waals surface area (Å²) in [6, 6.07) is 7.89. The number of aromatic nitrogens is 2. The van der Waals surface area contributed by atoms with E-state index in [1.54, 1.807) is 12.4 Å². The van der Waals surface area contributed by atoms with E-state index in [0.29, 0.717) is 11.8 Å². The van der Waals surface area contributed by atoms with E-state index in [1.165, 1.54) is 0 Å². The third-order valence-corrected chi connectivity index (χ3v) is 3.75. The minimum atomic E-state index is 0.0931. The Bertz CT molecular complexity index is 543. The molecule has 19 heavy (non-hydrogen) atoms. The Labute approximate surface area is 123 Å². The summed E-state index contributed by atoms with van der Waals surface area (Å²) in [7, 11) is 1.95. The first-order valence-electron chi connectivity index (χ1n) is 5.97. The van der Waals surface area contributed by atoms with E-state index in [9.17, 15) is 0 Å². The van der Waals surface area contributed by atoms with Gasteiger partial charge in [0.2, 0.25) is 5.95 Å². The van der Waals surface area contributed by atoms with Gasteiger partial charge in [0.25, 0.3) is 0 Å². The van der Waals surface area contributed by atoms with Gasteiger partial charge in [0.05, 0.1) is 11.9 Å². The number of anilines is 1. The van der Waals surface area contributed by atoms with Crippen molar-refractivity contribution in [3.8, 4) is 0 Å². The lowest BCUT2D eigenvalue weighted by Crippen LogP contribution is -2.24. The molecule has 0 saturated heterocycles. The maximum atomic E-state index is 6.21. The first-order valence-corrected chi connectivity index (χ1v) is 6.89. The highest BCUT2D eigenvalue weighted by molar-refractivity contribution is 6.31. The van der Waals surface area contributed by atoms with Gasteiger partial charge in [-0.3, -0.25) is 0 Å². The SMILES string of the molecule is CC(c1ccccc1Cl)N(C)c1ncc(CCl)cn1. The van der Waals surface area contributed by atoms with Crippen molar-refractivity contribution in [3.05, 3.63) is 52.8 Å². The molecule has 2 rings (SSSR count). The molecule has 3 nitrogen and oxygen atoms in total. The molecule has 0 bridgehead atoms. The molecular formula is C14H15Cl2N3. The molecule has 0 aliphatic rings. The fourth-order valence-corrected chi connectivity index (χ4v) is 2.23. The van der Waals surface area contributed by atoms with Crippen LogP contribution in [0.1, 0.15) is 24.1 Å². The Kier molecular flexibility index (Phi) is 4.61. The van der Waals surface area contributed by atoms with Gasteiger partial charge in [-0.25, -0.2) is 9.97 Å². The second-order valence-electron chi connectivity index (χ2n) is 4.33. The van der Waals surface area contributed by atoms with Crippen LogP contribution in [0, 0.1) is 0 Å². The summed E-state index contributed by atoms with van der Waals surface area (Å²) in [6.45, 7) is 2.07. The lowest BCUT2D eigenvalue weighted by Gasteiger charge is -2.25. The van der Waals surface area contributed by atoms with E-state index >= 15 is 0 Å². The van der Waals surface area contributed by atoms with Gasteiger partial charge in [0.15, 0.2) is 0 Å². The van der Waals surface area contributed by atoms with Crippen LogP contribution in [0.25, 0.3) is 0 Å². The van der Waals surface area contributed by atoms with Gasteiger partial charge in [-0.1, -0.05) is 29.8 Å². The van der Waals surface area contributed by atoms with Crippen LogP contribution >= 0.6 is 23.2 Å². The Hall–Kier alpha value is -1.32. The summed E-state index contributed by atoms with van der Waals surface area (Å²) in [5.41, 5.74) is 1.96. The molecular weight excluding hydrogens is 281 g/mol. The number of rotatable bonds is 4. The van der Waals surface area contributed by atoms with Crippen molar-refractivity contribution < 1.29 is 0 Å². The van der Waals surface area contributed by atoms with E-state index in [-0.39, 0.29) is 6.04 Å². The molecule has 5 heteroatoms. The zero-order chi connectivity index (χ0) is 13.8. The average Bonchev–Trinajstić information content (AvgIpc) is 2.46. The van der Waals surface area contributed by atoms with E-state index in [4.69, 9.17) is 23.2 Å². The maximum absolute atomic E-state index is 6.21. The lowest BCUT2D eigenvalue weighted by molar-refractivity contribution is 0.714. The normalized spacial score (nSPS) is 12.2. The summed E-state index contributed by atoms with van der Waals surface area (Å²) in [4.78, 5) is 10.6. The van der Waals surface area contributed by atoms with Crippen molar-refractivity contribution in [2.75, 3.05) is 11.9 Å². The second kappa shape index (κ2) is 6.22. The number of hydrogen-bond acceptors (Lipinski definition) is 3. The zero-order valence-corrected chi connectivity index (χ0v) is 12.4. The molecule has 0 fully saturated rings. The highest BCUT2D eigenvalue weighted by Gasteiger charge is 2.16. The molecule has 0 N–H and O–H groups in total. The van der Waals surface area contributed by atoms with Gasteiger partial charge >= 0.3 is 0 Å². The van der Waals surface area contributed by atoms with Crippen LogP contribution in [-0.4, -0.2) is 17.0 Å². The van der Waals surface area contributed by atoms with Crippen molar-refractivity contribution in [2.24, 2.45) is 0 Å². The summed E-state index contributed by atoms with van der Waals surface area (Å²) in [6.07, 6.45) is 3.48. The van der Waals surface area contributed by atoms with Crippen LogP contribution in [0.4, 0.5) is 5.95 Å². The molecule has 0 aliphatic heterocycles. The average molecular weight is 296 g/mol. The van der Waals surface area contributed by atoms with Crippen LogP contribution < -0.4 is 4.90 Å². The number of hydrogen-bond donors (Lipinski definition) is 0. The topological polar surface area (TPSA) is 29.0 Å². The van der Waals surface area contributed by atoms with Gasteiger partial charge in [0, 0.05) is 30.0 Å². The summed E-state index contributed by atoms with van der Waals surface area (Å²) in [5.74, 6) is 1.07.